The molecule has 0 radical (unpaired) electrons. The highest BCUT2D eigenvalue weighted by Crippen LogP contribution is 2.41. The van der Waals surface area contributed by atoms with E-state index in [4.69, 9.17) is 0 Å². The van der Waals surface area contributed by atoms with Crippen molar-refractivity contribution in [2.45, 2.75) is 155 Å². The van der Waals surface area contributed by atoms with Gasteiger partial charge in [0.15, 0.2) is 0 Å². The van der Waals surface area contributed by atoms with Crippen LogP contribution in [0.2, 0.25) is 0 Å². The maximum atomic E-state index is 10.8. The van der Waals surface area contributed by atoms with Crippen LogP contribution in [0.1, 0.15) is 155 Å². The second-order valence-corrected chi connectivity index (χ2v) is 9.75. The second-order valence-electron chi connectivity index (χ2n) is 9.75. The molecule has 2 heteroatoms. The third-order valence-corrected chi connectivity index (χ3v) is 7.12. The lowest BCUT2D eigenvalue weighted by molar-refractivity contribution is 0.176. The highest BCUT2D eigenvalue weighted by atomic mass is 16.3. The molecule has 0 atom stereocenters. The Kier molecular flexibility index (Phi) is 17.0. The third-order valence-electron chi connectivity index (χ3n) is 7.12. The summed E-state index contributed by atoms with van der Waals surface area (Å²) >= 11 is 0. The molecule has 0 saturated heterocycles. The van der Waals surface area contributed by atoms with E-state index in [1.165, 1.54) is 148 Å². The van der Waals surface area contributed by atoms with Gasteiger partial charge in [-0.25, -0.2) is 0 Å². The van der Waals surface area contributed by atoms with E-state index in [1.54, 1.807) is 0 Å². The van der Waals surface area contributed by atoms with Crippen LogP contribution >= 0.6 is 0 Å². The lowest BCUT2D eigenvalue weighted by Gasteiger charge is -2.35. The smallest absolute Gasteiger partial charge is 0.0867 e. The van der Waals surface area contributed by atoms with Gasteiger partial charge in [-0.3, -0.25) is 0 Å². The van der Waals surface area contributed by atoms with E-state index in [2.05, 4.69) is 12.1 Å². The monoisotopic (exact) mass is 393 g/mol. The molecule has 0 aromatic heterocycles. The Morgan fingerprint density at radius 1 is 0.571 bits per heavy atom. The van der Waals surface area contributed by atoms with E-state index in [-0.39, 0.29) is 5.41 Å². The zero-order chi connectivity index (χ0) is 20.2. The minimum absolute atomic E-state index is 0.287. The average Bonchev–Trinajstić information content (AvgIpc) is 2.71. The number of hydrogen-bond donors (Lipinski definition) is 0. The van der Waals surface area contributed by atoms with Gasteiger partial charge < -0.3 is 0 Å². The van der Waals surface area contributed by atoms with Crippen molar-refractivity contribution in [1.82, 2.24) is 0 Å². The van der Waals surface area contributed by atoms with Crippen molar-refractivity contribution >= 4 is 0 Å². The molecule has 0 amide bonds. The standard InChI is InChI=1S/C26H51NO/c1-2-3-4-5-6-7-8-9-10-11-12-13-14-15-16-17-19-22-26(25-27-28)23-20-18-21-24-26/h2-25H2,1H3. The zero-order valence-corrected chi connectivity index (χ0v) is 19.3. The average molecular weight is 394 g/mol. The minimum Gasteiger partial charge on any atom is -0.151 e. The van der Waals surface area contributed by atoms with Crippen LogP contribution in [0.5, 0.6) is 0 Å². The molecular formula is C26H51NO. The van der Waals surface area contributed by atoms with Crippen molar-refractivity contribution in [3.05, 3.63) is 4.91 Å². The Morgan fingerprint density at radius 2 is 0.964 bits per heavy atom. The summed E-state index contributed by atoms with van der Waals surface area (Å²) in [5.74, 6) is 0. The molecule has 1 fully saturated rings. The van der Waals surface area contributed by atoms with Gasteiger partial charge in [-0.15, -0.1) is 0 Å². The van der Waals surface area contributed by atoms with Crippen LogP contribution in [0.15, 0.2) is 5.18 Å². The van der Waals surface area contributed by atoms with Crippen molar-refractivity contribution in [3.8, 4) is 0 Å². The fourth-order valence-corrected chi connectivity index (χ4v) is 5.15. The molecule has 0 aromatic rings. The van der Waals surface area contributed by atoms with Gasteiger partial charge in [0.25, 0.3) is 0 Å². The Morgan fingerprint density at radius 3 is 1.36 bits per heavy atom. The van der Waals surface area contributed by atoms with E-state index >= 15 is 0 Å². The van der Waals surface area contributed by atoms with Crippen LogP contribution in [0.3, 0.4) is 0 Å². The molecule has 1 saturated carbocycles. The Bertz CT molecular complexity index is 335. The van der Waals surface area contributed by atoms with Crippen LogP contribution in [-0.4, -0.2) is 6.54 Å². The van der Waals surface area contributed by atoms with Gasteiger partial charge >= 0.3 is 0 Å². The molecule has 1 aliphatic carbocycles. The molecule has 0 unspecified atom stereocenters. The van der Waals surface area contributed by atoms with E-state index in [9.17, 15) is 4.91 Å². The zero-order valence-electron chi connectivity index (χ0n) is 19.3. The van der Waals surface area contributed by atoms with Gasteiger partial charge in [-0.1, -0.05) is 141 Å². The molecule has 166 valence electrons. The number of nitrogens with zero attached hydrogens (tertiary/aromatic N) is 1. The summed E-state index contributed by atoms with van der Waals surface area (Å²) in [5, 5.41) is 3.28. The summed E-state index contributed by atoms with van der Waals surface area (Å²) in [4.78, 5) is 10.8. The van der Waals surface area contributed by atoms with E-state index in [0.29, 0.717) is 6.54 Å². The first-order valence-corrected chi connectivity index (χ1v) is 13.1. The SMILES string of the molecule is CCCCCCCCCCCCCCCCCCCC1(CN=O)CCCCC1. The molecule has 28 heavy (non-hydrogen) atoms. The highest BCUT2D eigenvalue weighted by Gasteiger charge is 2.31. The van der Waals surface area contributed by atoms with Crippen molar-refractivity contribution in [3.63, 3.8) is 0 Å². The first-order valence-electron chi connectivity index (χ1n) is 13.1. The topological polar surface area (TPSA) is 29.4 Å². The van der Waals surface area contributed by atoms with E-state index in [1.807, 2.05) is 0 Å². The normalized spacial score (nSPS) is 16.3. The largest absolute Gasteiger partial charge is 0.151 e. The predicted octanol–water partition coefficient (Wildman–Crippen LogP) is 9.74. The van der Waals surface area contributed by atoms with Crippen LogP contribution in [0.25, 0.3) is 0 Å². The van der Waals surface area contributed by atoms with Crippen LogP contribution in [0, 0.1) is 10.3 Å². The molecule has 0 bridgehead atoms. The molecular weight excluding hydrogens is 342 g/mol. The summed E-state index contributed by atoms with van der Waals surface area (Å²) in [7, 11) is 0. The summed E-state index contributed by atoms with van der Waals surface area (Å²) in [6, 6.07) is 0. The first-order chi connectivity index (χ1) is 13.8. The van der Waals surface area contributed by atoms with Crippen molar-refractivity contribution in [1.29, 1.82) is 0 Å². The molecule has 0 aliphatic heterocycles. The van der Waals surface area contributed by atoms with Gasteiger partial charge in [0, 0.05) is 0 Å². The fourth-order valence-electron chi connectivity index (χ4n) is 5.15. The minimum atomic E-state index is 0.287. The number of nitroso groups, excluding NO2 is 1. The van der Waals surface area contributed by atoms with Crippen molar-refractivity contribution in [2.75, 3.05) is 6.54 Å². The maximum absolute atomic E-state index is 10.8. The summed E-state index contributed by atoms with van der Waals surface area (Å²) in [6.45, 7) is 2.87. The van der Waals surface area contributed by atoms with Crippen molar-refractivity contribution < 1.29 is 0 Å². The molecule has 0 N–H and O–H groups in total. The van der Waals surface area contributed by atoms with E-state index < -0.39 is 0 Å². The second kappa shape index (κ2) is 18.6. The first kappa shape index (κ1) is 25.6. The fraction of sp³-hybridized carbons (Fsp3) is 1.00. The maximum Gasteiger partial charge on any atom is 0.0867 e. The summed E-state index contributed by atoms with van der Waals surface area (Å²) in [5.41, 5.74) is 0.287. The number of hydrogen-bond acceptors (Lipinski definition) is 2. The van der Waals surface area contributed by atoms with Crippen LogP contribution < -0.4 is 0 Å². The summed E-state index contributed by atoms with van der Waals surface area (Å²) in [6.07, 6.45) is 32.0. The van der Waals surface area contributed by atoms with Crippen molar-refractivity contribution in [2.24, 2.45) is 10.6 Å². The molecule has 0 spiro atoms. The highest BCUT2D eigenvalue weighted by molar-refractivity contribution is 4.84. The summed E-state index contributed by atoms with van der Waals surface area (Å²) < 4.78 is 0. The number of unbranched alkanes of at least 4 members (excludes halogenated alkanes) is 16. The van der Waals surface area contributed by atoms with Gasteiger partial charge in [-0.05, 0) is 24.7 Å². The van der Waals surface area contributed by atoms with Gasteiger partial charge in [0.2, 0.25) is 0 Å². The predicted molar refractivity (Wildman–Crippen MR) is 125 cm³/mol. The number of rotatable bonds is 20. The molecule has 1 aliphatic rings. The third kappa shape index (κ3) is 13.7. The molecule has 1 rings (SSSR count). The molecule has 2 nitrogen and oxygen atoms in total. The lowest BCUT2D eigenvalue weighted by Crippen LogP contribution is -2.27. The van der Waals surface area contributed by atoms with Crippen LogP contribution in [-0.2, 0) is 0 Å². The Balaban J connectivity index is 1.80. The lowest BCUT2D eigenvalue weighted by atomic mass is 9.71. The molecule has 0 aromatic carbocycles. The Labute approximate surface area is 177 Å². The van der Waals surface area contributed by atoms with Gasteiger partial charge in [-0.2, -0.15) is 4.91 Å². The van der Waals surface area contributed by atoms with Crippen LogP contribution in [0.4, 0.5) is 0 Å². The van der Waals surface area contributed by atoms with Gasteiger partial charge in [0.1, 0.15) is 0 Å². The Hall–Kier alpha value is -0.400. The van der Waals surface area contributed by atoms with E-state index in [0.717, 1.165) is 0 Å². The quantitative estimate of drug-likeness (QED) is 0.149. The van der Waals surface area contributed by atoms with Gasteiger partial charge in [0.05, 0.1) is 6.54 Å². The molecule has 0 heterocycles.